The van der Waals surface area contributed by atoms with Gasteiger partial charge >= 0.3 is 0 Å². The molecule has 380 valence electrons. The summed E-state index contributed by atoms with van der Waals surface area (Å²) in [7, 11) is 0. The SMILES string of the molecule is CC/C=C\C/C=C\C/C=C\C/C=C\C/C=C\C/C=C\C/C=C\C/C=C\CCCCCCCCCCCCCCCCC(=O)NC(CO)C(O)CCCCCCCCCCCCCCCCC. The summed E-state index contributed by atoms with van der Waals surface area (Å²) < 4.78 is 0. The van der Waals surface area contributed by atoms with E-state index in [2.05, 4.69) is 116 Å². The number of amides is 1. The second-order valence-electron chi connectivity index (χ2n) is 19.0. The zero-order valence-corrected chi connectivity index (χ0v) is 43.7. The Balaban J connectivity index is 3.51. The summed E-state index contributed by atoms with van der Waals surface area (Å²) in [5, 5.41) is 23.3. The summed E-state index contributed by atoms with van der Waals surface area (Å²) in [4.78, 5) is 12.5. The smallest absolute Gasteiger partial charge is 0.220 e. The highest BCUT2D eigenvalue weighted by Crippen LogP contribution is 2.16. The quantitative estimate of drug-likeness (QED) is 0.0421. The van der Waals surface area contributed by atoms with Crippen LogP contribution in [0.3, 0.4) is 0 Å². The fourth-order valence-electron chi connectivity index (χ4n) is 8.32. The van der Waals surface area contributed by atoms with E-state index < -0.39 is 12.1 Å². The van der Waals surface area contributed by atoms with Crippen LogP contribution in [0.25, 0.3) is 0 Å². The molecule has 0 rings (SSSR count). The summed E-state index contributed by atoms with van der Waals surface area (Å²) in [6.45, 7) is 4.25. The van der Waals surface area contributed by atoms with Crippen LogP contribution >= 0.6 is 0 Å². The van der Waals surface area contributed by atoms with E-state index in [0.717, 1.165) is 77.0 Å². The normalized spacial score (nSPS) is 13.6. The zero-order valence-electron chi connectivity index (χ0n) is 43.7. The Morgan fingerprint density at radius 3 is 1.00 bits per heavy atom. The Bertz CT molecular complexity index is 1220. The van der Waals surface area contributed by atoms with Gasteiger partial charge in [0.2, 0.25) is 5.91 Å². The molecule has 0 aromatic heterocycles. The van der Waals surface area contributed by atoms with Crippen LogP contribution in [0.1, 0.15) is 271 Å². The monoisotopic (exact) mass is 916 g/mol. The van der Waals surface area contributed by atoms with Gasteiger partial charge in [-0.1, -0.05) is 284 Å². The number of unbranched alkanes of at least 4 members (excludes halogenated alkanes) is 28. The maximum atomic E-state index is 12.5. The van der Waals surface area contributed by atoms with E-state index in [1.807, 2.05) is 0 Å². The number of hydrogen-bond acceptors (Lipinski definition) is 3. The molecule has 0 aromatic rings. The van der Waals surface area contributed by atoms with Crippen molar-refractivity contribution in [2.24, 2.45) is 0 Å². The van der Waals surface area contributed by atoms with Crippen LogP contribution < -0.4 is 5.32 Å². The Hall–Kier alpha value is -2.69. The number of nitrogens with one attached hydrogen (secondary N) is 1. The Kier molecular flexibility index (Phi) is 54.3. The molecule has 4 nitrogen and oxygen atoms in total. The van der Waals surface area contributed by atoms with Gasteiger partial charge in [-0.3, -0.25) is 4.79 Å². The molecule has 0 aliphatic heterocycles. The summed E-state index contributed by atoms with van der Waals surface area (Å²) in [6.07, 6.45) is 83.9. The van der Waals surface area contributed by atoms with E-state index >= 15 is 0 Å². The number of rotatable bonds is 51. The van der Waals surface area contributed by atoms with Crippen molar-refractivity contribution in [3.05, 3.63) is 97.2 Å². The van der Waals surface area contributed by atoms with E-state index in [1.54, 1.807) is 0 Å². The van der Waals surface area contributed by atoms with Crippen molar-refractivity contribution >= 4 is 5.91 Å². The third kappa shape index (κ3) is 52.3. The van der Waals surface area contributed by atoms with Crippen LogP contribution in [0.15, 0.2) is 97.2 Å². The van der Waals surface area contributed by atoms with Crippen LogP contribution in [0.2, 0.25) is 0 Å². The number of hydrogen-bond donors (Lipinski definition) is 3. The minimum atomic E-state index is -0.663. The Morgan fingerprint density at radius 1 is 0.379 bits per heavy atom. The highest BCUT2D eigenvalue weighted by molar-refractivity contribution is 5.76. The van der Waals surface area contributed by atoms with Gasteiger partial charge in [0.1, 0.15) is 0 Å². The number of allylic oxidation sites excluding steroid dienone is 16. The number of aliphatic hydroxyl groups is 2. The zero-order chi connectivity index (χ0) is 47.7. The Labute approximate surface area is 411 Å². The molecule has 2 atom stereocenters. The van der Waals surface area contributed by atoms with Crippen molar-refractivity contribution in [1.82, 2.24) is 5.32 Å². The summed E-state index contributed by atoms with van der Waals surface area (Å²) in [6, 6.07) is -0.540. The maximum Gasteiger partial charge on any atom is 0.220 e. The molecule has 0 saturated heterocycles. The van der Waals surface area contributed by atoms with E-state index in [0.29, 0.717) is 12.8 Å². The predicted octanol–water partition coefficient (Wildman–Crippen LogP) is 18.9. The van der Waals surface area contributed by atoms with Crippen molar-refractivity contribution < 1.29 is 15.0 Å². The average molecular weight is 917 g/mol. The molecule has 66 heavy (non-hydrogen) atoms. The lowest BCUT2D eigenvalue weighted by molar-refractivity contribution is -0.123. The molecule has 3 N–H and O–H groups in total. The highest BCUT2D eigenvalue weighted by Gasteiger charge is 2.20. The molecule has 1 amide bonds. The summed E-state index contributed by atoms with van der Waals surface area (Å²) >= 11 is 0. The van der Waals surface area contributed by atoms with Crippen LogP contribution in [0.4, 0.5) is 0 Å². The van der Waals surface area contributed by atoms with Crippen molar-refractivity contribution in [3.63, 3.8) is 0 Å². The van der Waals surface area contributed by atoms with Crippen molar-refractivity contribution in [3.8, 4) is 0 Å². The van der Waals surface area contributed by atoms with Crippen molar-refractivity contribution in [2.75, 3.05) is 6.61 Å². The molecule has 0 aliphatic carbocycles. The molecule has 0 spiro atoms. The largest absolute Gasteiger partial charge is 0.394 e. The Morgan fingerprint density at radius 2 is 0.667 bits per heavy atom. The van der Waals surface area contributed by atoms with Crippen molar-refractivity contribution in [1.29, 1.82) is 0 Å². The van der Waals surface area contributed by atoms with E-state index in [9.17, 15) is 15.0 Å². The lowest BCUT2D eigenvalue weighted by atomic mass is 10.0. The first-order valence-electron chi connectivity index (χ1n) is 28.4. The van der Waals surface area contributed by atoms with Crippen LogP contribution in [-0.2, 0) is 4.79 Å². The van der Waals surface area contributed by atoms with Gasteiger partial charge in [-0.15, -0.1) is 0 Å². The molecule has 0 radical (unpaired) electrons. The molecule has 0 heterocycles. The van der Waals surface area contributed by atoms with Crippen LogP contribution in [0, 0.1) is 0 Å². The van der Waals surface area contributed by atoms with Gasteiger partial charge in [-0.25, -0.2) is 0 Å². The summed E-state index contributed by atoms with van der Waals surface area (Å²) in [5.41, 5.74) is 0. The number of carbonyl (C=O) groups excluding carboxylic acids is 1. The second kappa shape index (κ2) is 56.6. The van der Waals surface area contributed by atoms with Gasteiger partial charge < -0.3 is 15.5 Å². The molecule has 0 fully saturated rings. The van der Waals surface area contributed by atoms with E-state index in [4.69, 9.17) is 0 Å². The van der Waals surface area contributed by atoms with Gasteiger partial charge in [0.15, 0.2) is 0 Å². The lowest BCUT2D eigenvalue weighted by Crippen LogP contribution is -2.45. The average Bonchev–Trinajstić information content (AvgIpc) is 3.32. The van der Waals surface area contributed by atoms with E-state index in [1.165, 1.54) is 167 Å². The minimum absolute atomic E-state index is 0.0335. The molecule has 0 bridgehead atoms. The minimum Gasteiger partial charge on any atom is -0.394 e. The third-order valence-corrected chi connectivity index (χ3v) is 12.6. The van der Waals surface area contributed by atoms with Crippen LogP contribution in [-0.4, -0.2) is 34.9 Å². The van der Waals surface area contributed by atoms with Gasteiger partial charge in [0.05, 0.1) is 18.8 Å². The van der Waals surface area contributed by atoms with Gasteiger partial charge in [0, 0.05) is 6.42 Å². The fraction of sp³-hybridized carbons (Fsp3) is 0.726. The standard InChI is InChI=1S/C62H109NO3/c1-3-5-7-9-11-13-15-17-19-20-21-22-23-24-25-26-27-28-29-30-31-32-33-34-35-36-37-38-39-40-41-42-44-46-48-50-52-54-56-58-62(66)63-60(59-64)61(65)57-55-53-51-49-47-45-43-18-16-14-12-10-8-6-4-2/h5,7,11,13,17,19,21-22,24-25,27-28,30-31,33-34,60-61,64-65H,3-4,6,8-10,12,14-16,18,20,23,26,29,32,35-59H2,1-2H3,(H,63,66)/b7-5-,13-11-,19-17-,22-21-,25-24-,28-27-,31-30-,34-33-. The molecule has 0 aliphatic rings. The number of carbonyl (C=O) groups is 1. The number of aliphatic hydroxyl groups excluding tert-OH is 2. The summed E-state index contributed by atoms with van der Waals surface area (Å²) in [5.74, 6) is -0.0335. The first kappa shape index (κ1) is 63.3. The molecular formula is C62H109NO3. The van der Waals surface area contributed by atoms with Crippen LogP contribution in [0.5, 0.6) is 0 Å². The van der Waals surface area contributed by atoms with Gasteiger partial charge in [0.25, 0.3) is 0 Å². The third-order valence-electron chi connectivity index (χ3n) is 12.6. The topological polar surface area (TPSA) is 69.6 Å². The highest BCUT2D eigenvalue weighted by atomic mass is 16.3. The van der Waals surface area contributed by atoms with Gasteiger partial charge in [-0.2, -0.15) is 0 Å². The van der Waals surface area contributed by atoms with Gasteiger partial charge in [-0.05, 0) is 77.0 Å². The molecule has 0 saturated carbocycles. The van der Waals surface area contributed by atoms with Crippen molar-refractivity contribution in [2.45, 2.75) is 283 Å². The molecule has 0 aromatic carbocycles. The predicted molar refractivity (Wildman–Crippen MR) is 294 cm³/mol. The molecular weight excluding hydrogens is 807 g/mol. The van der Waals surface area contributed by atoms with E-state index in [-0.39, 0.29) is 12.5 Å². The maximum absolute atomic E-state index is 12.5. The first-order chi connectivity index (χ1) is 32.7. The lowest BCUT2D eigenvalue weighted by Gasteiger charge is -2.22. The first-order valence-corrected chi connectivity index (χ1v) is 28.4. The molecule has 4 heteroatoms. The second-order valence-corrected chi connectivity index (χ2v) is 19.0. The molecule has 2 unspecified atom stereocenters. The fourth-order valence-corrected chi connectivity index (χ4v) is 8.32.